The molecule has 2 saturated heterocycles. The van der Waals surface area contributed by atoms with Gasteiger partial charge in [0.05, 0.1) is 13.2 Å². The molecule has 10 heavy (non-hydrogen) atoms. The van der Waals surface area contributed by atoms with E-state index in [1.54, 1.807) is 0 Å². The molecule has 0 aromatic rings. The van der Waals surface area contributed by atoms with Gasteiger partial charge in [0, 0.05) is 13.0 Å². The van der Waals surface area contributed by atoms with Crippen LogP contribution in [-0.2, 0) is 14.2 Å². The third kappa shape index (κ3) is 1.05. The lowest BCUT2D eigenvalue weighted by molar-refractivity contribution is -0.315. The van der Waals surface area contributed by atoms with Crippen LogP contribution in [0.1, 0.15) is 12.8 Å². The van der Waals surface area contributed by atoms with E-state index in [0.29, 0.717) is 6.61 Å². The van der Waals surface area contributed by atoms with E-state index in [0.717, 1.165) is 32.7 Å². The first-order valence-corrected chi connectivity index (χ1v) is 3.77. The van der Waals surface area contributed by atoms with Crippen molar-refractivity contribution < 1.29 is 14.2 Å². The summed E-state index contributed by atoms with van der Waals surface area (Å²) in [6.45, 7) is 3.03. The molecule has 3 heteroatoms. The van der Waals surface area contributed by atoms with Crippen molar-refractivity contribution in [2.24, 2.45) is 0 Å². The van der Waals surface area contributed by atoms with Gasteiger partial charge in [-0.2, -0.15) is 0 Å². The average molecular weight is 144 g/mol. The third-order valence-electron chi connectivity index (χ3n) is 1.97. The highest BCUT2D eigenvalue weighted by Gasteiger charge is 2.40. The highest BCUT2D eigenvalue weighted by atomic mass is 16.7. The van der Waals surface area contributed by atoms with Crippen molar-refractivity contribution in [1.82, 2.24) is 0 Å². The molecule has 0 aliphatic carbocycles. The maximum atomic E-state index is 5.48. The van der Waals surface area contributed by atoms with E-state index in [4.69, 9.17) is 14.2 Å². The second-order valence-electron chi connectivity index (χ2n) is 2.76. The number of rotatable bonds is 0. The molecule has 0 aromatic carbocycles. The quantitative estimate of drug-likeness (QED) is 0.496. The van der Waals surface area contributed by atoms with Gasteiger partial charge in [-0.1, -0.05) is 0 Å². The molecule has 2 rings (SSSR count). The number of ether oxygens (including phenoxy) is 3. The second-order valence-corrected chi connectivity index (χ2v) is 2.76. The predicted octanol–water partition coefficient (Wildman–Crippen LogP) is 0.540. The normalized spacial score (nSPS) is 40.8. The maximum absolute atomic E-state index is 5.48. The molecule has 2 fully saturated rings. The van der Waals surface area contributed by atoms with E-state index in [2.05, 4.69) is 0 Å². The fourth-order valence-electron chi connectivity index (χ4n) is 1.25. The fraction of sp³-hybridized carbons (Fsp3) is 1.00. The predicted molar refractivity (Wildman–Crippen MR) is 34.7 cm³/mol. The van der Waals surface area contributed by atoms with Gasteiger partial charge in [-0.15, -0.1) is 0 Å². The van der Waals surface area contributed by atoms with Gasteiger partial charge >= 0.3 is 0 Å². The van der Waals surface area contributed by atoms with Crippen LogP contribution in [0, 0.1) is 0 Å². The summed E-state index contributed by atoms with van der Waals surface area (Å²) >= 11 is 0. The van der Waals surface area contributed by atoms with Gasteiger partial charge in [-0.25, -0.2) is 0 Å². The summed E-state index contributed by atoms with van der Waals surface area (Å²) in [5, 5.41) is 0. The van der Waals surface area contributed by atoms with Gasteiger partial charge in [0.15, 0.2) is 5.79 Å². The van der Waals surface area contributed by atoms with Crippen LogP contribution in [-0.4, -0.2) is 32.2 Å². The van der Waals surface area contributed by atoms with Gasteiger partial charge in [0.25, 0.3) is 0 Å². The first kappa shape index (κ1) is 6.58. The Morgan fingerprint density at radius 3 is 2.50 bits per heavy atom. The molecule has 2 aliphatic heterocycles. The van der Waals surface area contributed by atoms with Crippen LogP contribution >= 0.6 is 0 Å². The minimum atomic E-state index is -0.337. The van der Waals surface area contributed by atoms with Crippen molar-refractivity contribution in [3.63, 3.8) is 0 Å². The van der Waals surface area contributed by atoms with Crippen LogP contribution in [0.4, 0.5) is 0 Å². The lowest BCUT2D eigenvalue weighted by Gasteiger charge is -2.39. The third-order valence-corrected chi connectivity index (χ3v) is 1.97. The Kier molecular flexibility index (Phi) is 1.64. The summed E-state index contributed by atoms with van der Waals surface area (Å²) in [5.41, 5.74) is 0. The van der Waals surface area contributed by atoms with Crippen LogP contribution in [0.3, 0.4) is 0 Å². The Morgan fingerprint density at radius 1 is 1.00 bits per heavy atom. The smallest absolute Gasteiger partial charge is 0.193 e. The Morgan fingerprint density at radius 2 is 1.80 bits per heavy atom. The Hall–Kier alpha value is -0.120. The minimum absolute atomic E-state index is 0.337. The lowest BCUT2D eigenvalue weighted by atomic mass is 10.1. The molecule has 2 heterocycles. The fourth-order valence-corrected chi connectivity index (χ4v) is 1.25. The summed E-state index contributed by atoms with van der Waals surface area (Å²) in [7, 11) is 0. The number of hydrogen-bond donors (Lipinski definition) is 0. The standard InChI is InChI=1S/C7H12O3/c1-3-8-6-7(9-4-1)2-5-10-7/h1-6H2. The van der Waals surface area contributed by atoms with Gasteiger partial charge in [0.2, 0.25) is 0 Å². The Bertz CT molecular complexity index is 110. The Labute approximate surface area is 60.3 Å². The molecule has 0 bridgehead atoms. The van der Waals surface area contributed by atoms with Crippen LogP contribution in [0.15, 0.2) is 0 Å². The van der Waals surface area contributed by atoms with Gasteiger partial charge < -0.3 is 14.2 Å². The Balaban J connectivity index is 1.92. The highest BCUT2D eigenvalue weighted by Crippen LogP contribution is 2.29. The zero-order chi connectivity index (χ0) is 6.86. The van der Waals surface area contributed by atoms with E-state index in [-0.39, 0.29) is 5.79 Å². The van der Waals surface area contributed by atoms with Crippen LogP contribution in [0.5, 0.6) is 0 Å². The minimum Gasteiger partial charge on any atom is -0.376 e. The van der Waals surface area contributed by atoms with Crippen molar-refractivity contribution in [3.8, 4) is 0 Å². The van der Waals surface area contributed by atoms with Gasteiger partial charge in [-0.3, -0.25) is 0 Å². The van der Waals surface area contributed by atoms with E-state index in [9.17, 15) is 0 Å². The van der Waals surface area contributed by atoms with E-state index in [1.165, 1.54) is 0 Å². The second kappa shape index (κ2) is 2.49. The summed E-state index contributed by atoms with van der Waals surface area (Å²) in [4.78, 5) is 0. The highest BCUT2D eigenvalue weighted by molar-refractivity contribution is 4.78. The lowest BCUT2D eigenvalue weighted by Crippen LogP contribution is -2.49. The molecule has 0 saturated carbocycles. The molecule has 0 amide bonds. The first-order chi connectivity index (χ1) is 4.91. The van der Waals surface area contributed by atoms with Crippen molar-refractivity contribution in [1.29, 1.82) is 0 Å². The summed E-state index contributed by atoms with van der Waals surface area (Å²) < 4.78 is 16.1. The van der Waals surface area contributed by atoms with Gasteiger partial charge in [0.1, 0.15) is 6.61 Å². The summed E-state index contributed by atoms with van der Waals surface area (Å²) in [6.07, 6.45) is 1.98. The van der Waals surface area contributed by atoms with Crippen molar-refractivity contribution in [2.45, 2.75) is 18.6 Å². The van der Waals surface area contributed by atoms with E-state index < -0.39 is 0 Å². The molecule has 0 radical (unpaired) electrons. The van der Waals surface area contributed by atoms with Crippen molar-refractivity contribution in [3.05, 3.63) is 0 Å². The molecule has 1 spiro atoms. The van der Waals surface area contributed by atoms with Crippen LogP contribution < -0.4 is 0 Å². The van der Waals surface area contributed by atoms with Crippen molar-refractivity contribution >= 4 is 0 Å². The zero-order valence-electron chi connectivity index (χ0n) is 5.97. The molecular formula is C7H12O3. The van der Waals surface area contributed by atoms with Crippen LogP contribution in [0.2, 0.25) is 0 Å². The molecule has 58 valence electrons. The van der Waals surface area contributed by atoms with E-state index >= 15 is 0 Å². The summed E-state index contributed by atoms with van der Waals surface area (Å²) in [5.74, 6) is -0.337. The molecule has 1 atom stereocenters. The molecule has 0 aromatic heterocycles. The zero-order valence-corrected chi connectivity index (χ0v) is 5.97. The monoisotopic (exact) mass is 144 g/mol. The first-order valence-electron chi connectivity index (χ1n) is 3.77. The van der Waals surface area contributed by atoms with E-state index in [1.807, 2.05) is 0 Å². The molecule has 2 aliphatic rings. The molecule has 3 nitrogen and oxygen atoms in total. The topological polar surface area (TPSA) is 27.7 Å². The molecule has 0 N–H and O–H groups in total. The van der Waals surface area contributed by atoms with Crippen molar-refractivity contribution in [2.75, 3.05) is 26.4 Å². The average Bonchev–Trinajstić information content (AvgIpc) is 2.08. The molecular weight excluding hydrogens is 132 g/mol. The van der Waals surface area contributed by atoms with Gasteiger partial charge in [-0.05, 0) is 6.42 Å². The van der Waals surface area contributed by atoms with Crippen LogP contribution in [0.25, 0.3) is 0 Å². The largest absolute Gasteiger partial charge is 0.376 e. The SMILES string of the molecule is C1COCC2(CCO2)OC1. The maximum Gasteiger partial charge on any atom is 0.193 e. The number of hydrogen-bond acceptors (Lipinski definition) is 3. The summed E-state index contributed by atoms with van der Waals surface area (Å²) in [6, 6.07) is 0. The molecule has 1 unspecified atom stereocenters.